The summed E-state index contributed by atoms with van der Waals surface area (Å²) in [5, 5.41) is 28.4. The minimum atomic E-state index is -1.38. The fraction of sp³-hybridized carbons (Fsp3) is 0.667. The number of rotatable bonds is 6. The number of hydrogen-bond acceptors (Lipinski definition) is 6. The Hall–Kier alpha value is -1.22. The van der Waals surface area contributed by atoms with E-state index in [-0.39, 0.29) is 25.5 Å². The molecule has 0 saturated carbocycles. The van der Waals surface area contributed by atoms with E-state index in [0.29, 0.717) is 0 Å². The number of carboxylic acids is 2. The third kappa shape index (κ3) is 10.8. The van der Waals surface area contributed by atoms with Gasteiger partial charge in [-0.05, 0) is 0 Å². The van der Waals surface area contributed by atoms with Crippen LogP contribution in [0.15, 0.2) is 0 Å². The van der Waals surface area contributed by atoms with E-state index in [1.165, 1.54) is 0 Å². The maximum absolute atomic E-state index is 10.0. The lowest BCUT2D eigenvalue weighted by Crippen LogP contribution is -2.45. The summed E-state index contributed by atoms with van der Waals surface area (Å²) >= 11 is 0. The predicted molar refractivity (Wildman–Crippen MR) is 45.5 cm³/mol. The molecule has 0 aromatic heterocycles. The first-order valence-electron chi connectivity index (χ1n) is 3.29. The number of quaternary nitrogens is 2. The molecule has 0 aliphatic heterocycles. The van der Waals surface area contributed by atoms with E-state index < -0.39 is 25.0 Å². The smallest absolute Gasteiger partial charge is 0.0558 e. The molecular formula is C6H17N3O5. The second-order valence-electron chi connectivity index (χ2n) is 2.18. The topological polar surface area (TPSA) is 177 Å². The van der Waals surface area contributed by atoms with Crippen molar-refractivity contribution in [3.63, 3.8) is 0 Å². The van der Waals surface area contributed by atoms with Gasteiger partial charge in [0.25, 0.3) is 0 Å². The molecule has 0 aromatic carbocycles. The lowest BCUT2D eigenvalue weighted by Gasteiger charge is -2.21. The number of nitrogens with zero attached hydrogens (tertiary/aromatic N) is 1. The van der Waals surface area contributed by atoms with Gasteiger partial charge >= 0.3 is 0 Å². The zero-order chi connectivity index (χ0) is 9.56. The van der Waals surface area contributed by atoms with Gasteiger partial charge < -0.3 is 37.2 Å². The second-order valence-corrected chi connectivity index (χ2v) is 2.18. The molecule has 0 fully saturated rings. The van der Waals surface area contributed by atoms with Crippen molar-refractivity contribution in [2.24, 2.45) is 0 Å². The molecule has 0 aromatic rings. The van der Waals surface area contributed by atoms with E-state index in [9.17, 15) is 19.8 Å². The molecule has 8 heteroatoms. The minimum absolute atomic E-state index is 0. The van der Waals surface area contributed by atoms with E-state index in [1.54, 1.807) is 0 Å². The van der Waals surface area contributed by atoms with Gasteiger partial charge in [-0.1, -0.05) is 0 Å². The fourth-order valence-corrected chi connectivity index (χ4v) is 0.721. The number of carbonyl (C=O) groups excluding carboxylic acids is 2. The molecule has 14 heavy (non-hydrogen) atoms. The molecule has 0 rings (SSSR count). The van der Waals surface area contributed by atoms with Gasteiger partial charge in [0.05, 0.1) is 18.5 Å². The van der Waals surface area contributed by atoms with Crippen LogP contribution in [-0.2, 0) is 9.59 Å². The highest BCUT2D eigenvalue weighted by atomic mass is 16.4. The Morgan fingerprint density at radius 3 is 1.64 bits per heavy atom. The summed E-state index contributed by atoms with van der Waals surface area (Å²) in [4.78, 5) is 21.0. The first kappa shape index (κ1) is 18.5. The number of carboxylic acid groups (broad SMARTS) is 2. The summed E-state index contributed by atoms with van der Waals surface area (Å²) in [7, 11) is 0. The Balaban J connectivity index is -0.000000605. The lowest BCUT2D eigenvalue weighted by molar-refractivity contribution is -0.310. The van der Waals surface area contributed by atoms with Crippen LogP contribution in [0.1, 0.15) is 0 Å². The predicted octanol–water partition coefficient (Wildman–Crippen LogP) is -3.47. The van der Waals surface area contributed by atoms with Crippen molar-refractivity contribution in [1.29, 1.82) is 0 Å². The van der Waals surface area contributed by atoms with Crippen molar-refractivity contribution < 1.29 is 24.9 Å². The second kappa shape index (κ2) is 9.86. The Labute approximate surface area is 81.3 Å². The summed E-state index contributed by atoms with van der Waals surface area (Å²) in [6, 6.07) is 0. The Bertz CT molecular complexity index is 159. The summed E-state index contributed by atoms with van der Waals surface area (Å²) in [5.74, 6) is -2.77. The molecule has 8 nitrogen and oxygen atoms in total. The first-order chi connectivity index (χ1) is 5.56. The van der Waals surface area contributed by atoms with Crippen molar-refractivity contribution in [2.45, 2.75) is 0 Å². The maximum atomic E-state index is 10.0. The zero-order valence-electron chi connectivity index (χ0n) is 8.36. The number of hydrogen-bond donors (Lipinski definition) is 3. The summed E-state index contributed by atoms with van der Waals surface area (Å²) in [6.07, 6.45) is 0. The van der Waals surface area contributed by atoms with E-state index in [2.05, 4.69) is 0 Å². The van der Waals surface area contributed by atoms with Crippen LogP contribution in [0.25, 0.3) is 0 Å². The van der Waals surface area contributed by atoms with Crippen LogP contribution in [-0.4, -0.2) is 48.2 Å². The average molecular weight is 211 g/mol. The number of aliphatic hydroxyl groups excluding tert-OH is 1. The van der Waals surface area contributed by atoms with Gasteiger partial charge in [-0.3, -0.25) is 4.90 Å². The van der Waals surface area contributed by atoms with E-state index in [0.717, 1.165) is 4.90 Å². The molecular weight excluding hydrogens is 194 g/mol. The van der Waals surface area contributed by atoms with Gasteiger partial charge in [0.2, 0.25) is 0 Å². The van der Waals surface area contributed by atoms with Gasteiger partial charge in [0, 0.05) is 19.6 Å². The summed E-state index contributed by atoms with van der Waals surface area (Å²) in [6.45, 7) is -1.37. The highest BCUT2D eigenvalue weighted by molar-refractivity contribution is 5.70. The Morgan fingerprint density at radius 1 is 1.07 bits per heavy atom. The van der Waals surface area contributed by atoms with Crippen LogP contribution in [0.3, 0.4) is 0 Å². The van der Waals surface area contributed by atoms with Crippen molar-refractivity contribution >= 4 is 11.9 Å². The molecule has 0 radical (unpaired) electrons. The van der Waals surface area contributed by atoms with Crippen molar-refractivity contribution in [2.75, 3.05) is 26.2 Å². The molecule has 86 valence electrons. The average Bonchev–Trinajstić information content (AvgIpc) is 1.84. The third-order valence-corrected chi connectivity index (χ3v) is 1.12. The van der Waals surface area contributed by atoms with Crippen LogP contribution >= 0.6 is 0 Å². The molecule has 0 spiro atoms. The van der Waals surface area contributed by atoms with Gasteiger partial charge in [-0.15, -0.1) is 0 Å². The summed E-state index contributed by atoms with van der Waals surface area (Å²) in [5.41, 5.74) is 0. The van der Waals surface area contributed by atoms with E-state index in [1.807, 2.05) is 0 Å². The fourth-order valence-electron chi connectivity index (χ4n) is 0.721. The SMILES string of the molecule is O=C([O-])CN(CCO)CC(=O)[O-].[NH4+].[NH4+]. The standard InChI is InChI=1S/C6H11NO5.2H3N/c8-2-1-7(3-5(9)10)4-6(11)12;;/h8H,1-4H2,(H,9,10)(H,11,12);2*1H3. The van der Waals surface area contributed by atoms with Crippen molar-refractivity contribution in [3.05, 3.63) is 0 Å². The van der Waals surface area contributed by atoms with Gasteiger partial charge in [-0.2, -0.15) is 0 Å². The van der Waals surface area contributed by atoms with Gasteiger partial charge in [0.15, 0.2) is 0 Å². The van der Waals surface area contributed by atoms with Crippen LogP contribution in [0.4, 0.5) is 0 Å². The minimum Gasteiger partial charge on any atom is -0.549 e. The largest absolute Gasteiger partial charge is 0.549 e. The molecule has 9 N–H and O–H groups in total. The third-order valence-electron chi connectivity index (χ3n) is 1.12. The molecule has 0 aliphatic carbocycles. The quantitative estimate of drug-likeness (QED) is 0.410. The Kier molecular flexibility index (Phi) is 13.1. The molecule has 0 aliphatic rings. The maximum Gasteiger partial charge on any atom is 0.0558 e. The van der Waals surface area contributed by atoms with Gasteiger partial charge in [-0.25, -0.2) is 0 Å². The van der Waals surface area contributed by atoms with Crippen LogP contribution in [0.5, 0.6) is 0 Å². The van der Waals surface area contributed by atoms with Crippen LogP contribution in [0, 0.1) is 0 Å². The number of carbonyl (C=O) groups is 2. The van der Waals surface area contributed by atoms with Gasteiger partial charge in [0.1, 0.15) is 0 Å². The number of aliphatic carboxylic acids is 2. The van der Waals surface area contributed by atoms with E-state index >= 15 is 0 Å². The summed E-state index contributed by atoms with van der Waals surface area (Å²) < 4.78 is 0. The first-order valence-corrected chi connectivity index (χ1v) is 3.29. The molecule has 0 saturated heterocycles. The van der Waals surface area contributed by atoms with Crippen molar-refractivity contribution in [3.8, 4) is 0 Å². The monoisotopic (exact) mass is 211 g/mol. The number of aliphatic hydroxyl groups is 1. The molecule has 0 atom stereocenters. The molecule has 0 bridgehead atoms. The van der Waals surface area contributed by atoms with Crippen molar-refractivity contribution in [1.82, 2.24) is 17.2 Å². The molecule has 0 amide bonds. The Morgan fingerprint density at radius 2 is 1.43 bits per heavy atom. The molecule has 0 unspecified atom stereocenters. The highest BCUT2D eigenvalue weighted by Crippen LogP contribution is 1.84. The van der Waals surface area contributed by atoms with Crippen LogP contribution < -0.4 is 22.5 Å². The molecule has 0 heterocycles. The normalized spacial score (nSPS) is 8.71. The van der Waals surface area contributed by atoms with Crippen LogP contribution in [0.2, 0.25) is 0 Å². The van der Waals surface area contributed by atoms with E-state index in [4.69, 9.17) is 5.11 Å². The zero-order valence-corrected chi connectivity index (χ0v) is 8.36. The highest BCUT2D eigenvalue weighted by Gasteiger charge is 2.03. The lowest BCUT2D eigenvalue weighted by atomic mass is 10.4.